The van der Waals surface area contributed by atoms with Crippen LogP contribution in [-0.4, -0.2) is 37.2 Å². The molecule has 6 heteroatoms. The lowest BCUT2D eigenvalue weighted by Crippen LogP contribution is -2.30. The Balaban J connectivity index is 4.11. The van der Waals surface area contributed by atoms with Crippen LogP contribution in [0.5, 0.6) is 0 Å². The predicted molar refractivity (Wildman–Crippen MR) is 279 cm³/mol. The Hall–Kier alpha value is -3.41. The van der Waals surface area contributed by atoms with Crippen molar-refractivity contribution in [1.82, 2.24) is 0 Å². The minimum absolute atomic E-state index is 0.0795. The van der Waals surface area contributed by atoms with Crippen LogP contribution in [0.2, 0.25) is 0 Å². The number of allylic oxidation sites excluding steroid dienone is 14. The fourth-order valence-corrected chi connectivity index (χ4v) is 7.33. The smallest absolute Gasteiger partial charge is 0.306 e. The van der Waals surface area contributed by atoms with Crippen molar-refractivity contribution < 1.29 is 28.6 Å². The Morgan fingerprint density at radius 3 is 1.02 bits per heavy atom. The molecule has 0 rings (SSSR count). The van der Waals surface area contributed by atoms with Gasteiger partial charge in [-0.3, -0.25) is 14.4 Å². The zero-order valence-corrected chi connectivity index (χ0v) is 42.5. The summed E-state index contributed by atoms with van der Waals surface area (Å²) in [6, 6.07) is 0. The minimum Gasteiger partial charge on any atom is -0.462 e. The molecule has 6 nitrogen and oxygen atoms in total. The van der Waals surface area contributed by atoms with Crippen molar-refractivity contribution in [3.8, 4) is 0 Å². The monoisotopic (exact) mass is 905 g/mol. The largest absolute Gasteiger partial charge is 0.462 e. The molecule has 0 fully saturated rings. The van der Waals surface area contributed by atoms with E-state index in [0.29, 0.717) is 19.3 Å². The van der Waals surface area contributed by atoms with Gasteiger partial charge in [-0.1, -0.05) is 228 Å². The van der Waals surface area contributed by atoms with Crippen molar-refractivity contribution in [2.75, 3.05) is 13.2 Å². The Morgan fingerprint density at radius 1 is 0.323 bits per heavy atom. The molecule has 0 N–H and O–H groups in total. The van der Waals surface area contributed by atoms with Gasteiger partial charge in [0.25, 0.3) is 0 Å². The van der Waals surface area contributed by atoms with Crippen LogP contribution in [-0.2, 0) is 28.6 Å². The quantitative estimate of drug-likeness (QED) is 0.0262. The standard InChI is InChI=1S/C59H100O6/c1-4-7-10-13-16-19-21-22-23-24-25-26-27-28-29-30-31-32-33-34-35-36-37-38-39-41-43-46-49-52-58(61)64-55-56(54-63-57(60)51-48-45-42-18-15-12-9-6-3)65-59(62)53-50-47-44-40-20-17-14-11-8-5-2/h7,10-11,14,16,19,22-23,25-26,28-29,31-32,56H,4-6,8-9,12-13,15,17-18,20-21,24,27,30,33-55H2,1-3H3/b10-7-,14-11-,19-16-,23-22-,26-25-,29-28-,32-31-. The SMILES string of the molecule is CC/C=C\C/C=C\C/C=C\C/C=C\C/C=C\C/C=C\CCCCCCCCCCCCC(=O)OCC(COC(=O)CCCCCCCCCC)OC(=O)CCCCCCC/C=C\CCC. The fourth-order valence-electron chi connectivity index (χ4n) is 7.33. The van der Waals surface area contributed by atoms with Crippen molar-refractivity contribution in [3.05, 3.63) is 85.1 Å². The Kier molecular flexibility index (Phi) is 50.4. The van der Waals surface area contributed by atoms with E-state index < -0.39 is 6.10 Å². The molecule has 0 heterocycles. The lowest BCUT2D eigenvalue weighted by atomic mass is 10.1. The van der Waals surface area contributed by atoms with Gasteiger partial charge in [-0.25, -0.2) is 0 Å². The van der Waals surface area contributed by atoms with Crippen molar-refractivity contribution in [2.24, 2.45) is 0 Å². The number of hydrogen-bond donors (Lipinski definition) is 0. The first-order chi connectivity index (χ1) is 32.0. The zero-order chi connectivity index (χ0) is 47.2. The molecule has 1 unspecified atom stereocenters. The topological polar surface area (TPSA) is 78.9 Å². The summed E-state index contributed by atoms with van der Waals surface area (Å²) in [6.07, 6.45) is 68.8. The van der Waals surface area contributed by atoms with E-state index in [4.69, 9.17) is 14.2 Å². The maximum atomic E-state index is 12.7. The highest BCUT2D eigenvalue weighted by atomic mass is 16.6. The van der Waals surface area contributed by atoms with Crippen LogP contribution < -0.4 is 0 Å². The first-order valence-electron chi connectivity index (χ1n) is 27.1. The fraction of sp³-hybridized carbons (Fsp3) is 0.712. The number of hydrogen-bond acceptors (Lipinski definition) is 6. The third-order valence-corrected chi connectivity index (χ3v) is 11.4. The first-order valence-corrected chi connectivity index (χ1v) is 27.1. The Morgan fingerprint density at radius 2 is 0.631 bits per heavy atom. The van der Waals surface area contributed by atoms with Crippen LogP contribution in [0, 0.1) is 0 Å². The molecule has 0 saturated heterocycles. The Labute approximate surface area is 401 Å². The highest BCUT2D eigenvalue weighted by Crippen LogP contribution is 2.15. The van der Waals surface area contributed by atoms with Crippen LogP contribution in [0.4, 0.5) is 0 Å². The van der Waals surface area contributed by atoms with E-state index in [2.05, 4.69) is 106 Å². The minimum atomic E-state index is -0.777. The van der Waals surface area contributed by atoms with Gasteiger partial charge < -0.3 is 14.2 Å². The van der Waals surface area contributed by atoms with Crippen molar-refractivity contribution >= 4 is 17.9 Å². The van der Waals surface area contributed by atoms with Gasteiger partial charge in [-0.2, -0.15) is 0 Å². The van der Waals surface area contributed by atoms with E-state index in [0.717, 1.165) is 116 Å². The van der Waals surface area contributed by atoms with Gasteiger partial charge in [-0.05, 0) is 89.9 Å². The number of ether oxygens (including phenoxy) is 3. The molecule has 0 aliphatic heterocycles. The first kappa shape index (κ1) is 61.6. The third-order valence-electron chi connectivity index (χ3n) is 11.4. The number of carbonyl (C=O) groups excluding carboxylic acids is 3. The molecule has 0 saturated carbocycles. The van der Waals surface area contributed by atoms with Gasteiger partial charge in [-0.15, -0.1) is 0 Å². The summed E-state index contributed by atoms with van der Waals surface area (Å²) >= 11 is 0. The van der Waals surface area contributed by atoms with Gasteiger partial charge in [0.2, 0.25) is 0 Å². The summed E-state index contributed by atoms with van der Waals surface area (Å²) in [5.74, 6) is -0.900. The molecule has 0 aliphatic carbocycles. The van der Waals surface area contributed by atoms with E-state index in [1.165, 1.54) is 96.3 Å². The molecule has 0 aromatic heterocycles. The van der Waals surface area contributed by atoms with Crippen molar-refractivity contribution in [1.29, 1.82) is 0 Å². The van der Waals surface area contributed by atoms with Gasteiger partial charge in [0, 0.05) is 19.3 Å². The number of rotatable bonds is 48. The van der Waals surface area contributed by atoms with E-state index in [1.807, 2.05) is 0 Å². The molecule has 0 aliphatic rings. The van der Waals surface area contributed by atoms with Gasteiger partial charge >= 0.3 is 17.9 Å². The van der Waals surface area contributed by atoms with Crippen LogP contribution in [0.25, 0.3) is 0 Å². The average molecular weight is 905 g/mol. The molecule has 0 aromatic carbocycles. The Bertz CT molecular complexity index is 1270. The second-order valence-corrected chi connectivity index (χ2v) is 17.8. The molecule has 0 aromatic rings. The van der Waals surface area contributed by atoms with Crippen LogP contribution in [0.15, 0.2) is 85.1 Å². The maximum absolute atomic E-state index is 12.7. The highest BCUT2D eigenvalue weighted by Gasteiger charge is 2.19. The van der Waals surface area contributed by atoms with Crippen molar-refractivity contribution in [2.45, 2.75) is 258 Å². The van der Waals surface area contributed by atoms with Gasteiger partial charge in [0.15, 0.2) is 6.10 Å². The molecule has 0 bridgehead atoms. The lowest BCUT2D eigenvalue weighted by molar-refractivity contribution is -0.167. The molecular formula is C59H100O6. The van der Waals surface area contributed by atoms with E-state index in [-0.39, 0.29) is 31.1 Å². The molecule has 0 spiro atoms. The molecule has 1 atom stereocenters. The summed E-state index contributed by atoms with van der Waals surface area (Å²) in [4.78, 5) is 37.8. The summed E-state index contributed by atoms with van der Waals surface area (Å²) in [7, 11) is 0. The van der Waals surface area contributed by atoms with E-state index in [9.17, 15) is 14.4 Å². The van der Waals surface area contributed by atoms with E-state index >= 15 is 0 Å². The maximum Gasteiger partial charge on any atom is 0.306 e. The number of unbranched alkanes of at least 4 members (excludes halogenated alkanes) is 23. The molecular weight excluding hydrogens is 805 g/mol. The van der Waals surface area contributed by atoms with Crippen LogP contribution in [0.3, 0.4) is 0 Å². The number of carbonyl (C=O) groups is 3. The highest BCUT2D eigenvalue weighted by molar-refractivity contribution is 5.71. The summed E-state index contributed by atoms with van der Waals surface area (Å²) in [5, 5.41) is 0. The summed E-state index contributed by atoms with van der Waals surface area (Å²) in [5.41, 5.74) is 0. The van der Waals surface area contributed by atoms with Crippen LogP contribution in [0.1, 0.15) is 252 Å². The number of esters is 3. The second kappa shape index (κ2) is 53.2. The second-order valence-electron chi connectivity index (χ2n) is 17.8. The average Bonchev–Trinajstić information content (AvgIpc) is 3.30. The van der Waals surface area contributed by atoms with Crippen LogP contribution >= 0.6 is 0 Å². The molecule has 0 radical (unpaired) electrons. The normalized spacial score (nSPS) is 12.7. The molecule has 372 valence electrons. The third kappa shape index (κ3) is 51.4. The van der Waals surface area contributed by atoms with Gasteiger partial charge in [0.05, 0.1) is 0 Å². The zero-order valence-electron chi connectivity index (χ0n) is 42.5. The summed E-state index contributed by atoms with van der Waals surface area (Å²) in [6.45, 7) is 6.42. The molecule has 0 amide bonds. The molecule has 65 heavy (non-hydrogen) atoms. The summed E-state index contributed by atoms with van der Waals surface area (Å²) < 4.78 is 16.7. The van der Waals surface area contributed by atoms with E-state index in [1.54, 1.807) is 0 Å². The van der Waals surface area contributed by atoms with Gasteiger partial charge in [0.1, 0.15) is 13.2 Å². The predicted octanol–water partition coefficient (Wildman–Crippen LogP) is 18.0. The lowest BCUT2D eigenvalue weighted by Gasteiger charge is -2.18. The van der Waals surface area contributed by atoms with Crippen molar-refractivity contribution in [3.63, 3.8) is 0 Å².